The van der Waals surface area contributed by atoms with Crippen LogP contribution in [-0.2, 0) is 4.79 Å². The van der Waals surface area contributed by atoms with Crippen molar-refractivity contribution in [3.8, 4) is 0 Å². The number of carbonyl (C=O) groups excluding carboxylic acids is 1. The van der Waals surface area contributed by atoms with Crippen molar-refractivity contribution in [2.24, 2.45) is 5.92 Å². The lowest BCUT2D eigenvalue weighted by Gasteiger charge is -2.32. The fourth-order valence-corrected chi connectivity index (χ4v) is 2.18. The van der Waals surface area contributed by atoms with Crippen LogP contribution in [0, 0.1) is 5.92 Å². The van der Waals surface area contributed by atoms with Crippen LogP contribution in [0.3, 0.4) is 0 Å². The SMILES string of the molecule is CCCC(C)CC(=O)N1CCNC(C)C1. The smallest absolute Gasteiger partial charge is 0.222 e. The second kappa shape index (κ2) is 6.11. The Hall–Kier alpha value is -0.570. The summed E-state index contributed by atoms with van der Waals surface area (Å²) in [5, 5.41) is 3.35. The zero-order chi connectivity index (χ0) is 11.3. The van der Waals surface area contributed by atoms with Crippen molar-refractivity contribution in [2.45, 2.75) is 46.1 Å². The minimum atomic E-state index is 0.337. The molecular formula is C12H24N2O. The van der Waals surface area contributed by atoms with Gasteiger partial charge >= 0.3 is 0 Å². The Balaban J connectivity index is 2.32. The summed E-state index contributed by atoms with van der Waals surface area (Å²) in [4.78, 5) is 13.9. The van der Waals surface area contributed by atoms with Gasteiger partial charge in [-0.3, -0.25) is 4.79 Å². The third-order valence-corrected chi connectivity index (χ3v) is 3.03. The third kappa shape index (κ3) is 4.20. The molecule has 1 N–H and O–H groups in total. The number of rotatable bonds is 4. The van der Waals surface area contributed by atoms with Crippen molar-refractivity contribution >= 4 is 5.91 Å². The molecule has 0 aromatic rings. The number of piperazine rings is 1. The first-order chi connectivity index (χ1) is 7.13. The molecule has 1 saturated heterocycles. The molecule has 1 heterocycles. The number of nitrogens with one attached hydrogen (secondary N) is 1. The van der Waals surface area contributed by atoms with E-state index < -0.39 is 0 Å². The van der Waals surface area contributed by atoms with E-state index >= 15 is 0 Å². The zero-order valence-electron chi connectivity index (χ0n) is 10.3. The van der Waals surface area contributed by atoms with Gasteiger partial charge in [0.25, 0.3) is 0 Å². The molecule has 2 atom stereocenters. The molecule has 0 aromatic heterocycles. The monoisotopic (exact) mass is 212 g/mol. The third-order valence-electron chi connectivity index (χ3n) is 3.03. The Morgan fingerprint density at radius 3 is 2.93 bits per heavy atom. The first-order valence-corrected chi connectivity index (χ1v) is 6.14. The summed E-state index contributed by atoms with van der Waals surface area (Å²) in [5.74, 6) is 0.872. The van der Waals surface area contributed by atoms with Gasteiger partial charge < -0.3 is 10.2 Å². The van der Waals surface area contributed by atoms with Crippen molar-refractivity contribution in [1.82, 2.24) is 10.2 Å². The summed E-state index contributed by atoms with van der Waals surface area (Å²) >= 11 is 0. The van der Waals surface area contributed by atoms with Crippen molar-refractivity contribution in [2.75, 3.05) is 19.6 Å². The van der Waals surface area contributed by atoms with Gasteiger partial charge in [0.2, 0.25) is 5.91 Å². The normalized spacial score (nSPS) is 23.9. The van der Waals surface area contributed by atoms with E-state index in [1.165, 1.54) is 6.42 Å². The summed E-state index contributed by atoms with van der Waals surface area (Å²) in [6.45, 7) is 9.17. The second-order valence-corrected chi connectivity index (χ2v) is 4.79. The molecule has 0 aromatic carbocycles. The number of hydrogen-bond donors (Lipinski definition) is 1. The second-order valence-electron chi connectivity index (χ2n) is 4.79. The molecular weight excluding hydrogens is 188 g/mol. The quantitative estimate of drug-likeness (QED) is 0.768. The largest absolute Gasteiger partial charge is 0.340 e. The summed E-state index contributed by atoms with van der Waals surface area (Å²) < 4.78 is 0. The standard InChI is InChI=1S/C12H24N2O/c1-4-5-10(2)8-12(15)14-7-6-13-11(3)9-14/h10-11,13H,4-9H2,1-3H3. The van der Waals surface area contributed by atoms with Crippen molar-refractivity contribution < 1.29 is 4.79 Å². The Labute approximate surface area is 93.2 Å². The highest BCUT2D eigenvalue weighted by Gasteiger charge is 2.21. The summed E-state index contributed by atoms with van der Waals surface area (Å²) in [6.07, 6.45) is 3.06. The first kappa shape index (κ1) is 12.5. The van der Waals surface area contributed by atoms with E-state index in [0.29, 0.717) is 17.9 Å². The molecule has 0 spiro atoms. The Kier molecular flexibility index (Phi) is 5.09. The number of amides is 1. The van der Waals surface area contributed by atoms with Crippen LogP contribution in [-0.4, -0.2) is 36.5 Å². The minimum Gasteiger partial charge on any atom is -0.340 e. The van der Waals surface area contributed by atoms with Gasteiger partial charge in [-0.25, -0.2) is 0 Å². The number of hydrogen-bond acceptors (Lipinski definition) is 2. The lowest BCUT2D eigenvalue weighted by molar-refractivity contribution is -0.133. The highest BCUT2D eigenvalue weighted by atomic mass is 16.2. The van der Waals surface area contributed by atoms with Gasteiger partial charge in [0.05, 0.1) is 0 Å². The molecule has 1 aliphatic rings. The van der Waals surface area contributed by atoms with E-state index in [4.69, 9.17) is 0 Å². The molecule has 1 aliphatic heterocycles. The van der Waals surface area contributed by atoms with E-state index in [0.717, 1.165) is 32.5 Å². The molecule has 0 aliphatic carbocycles. The van der Waals surface area contributed by atoms with Crippen LogP contribution in [0.1, 0.15) is 40.0 Å². The first-order valence-electron chi connectivity index (χ1n) is 6.14. The van der Waals surface area contributed by atoms with E-state index in [1.807, 2.05) is 4.90 Å². The van der Waals surface area contributed by atoms with Gasteiger partial charge in [-0.15, -0.1) is 0 Å². The van der Waals surface area contributed by atoms with Crippen LogP contribution in [0.15, 0.2) is 0 Å². The average molecular weight is 212 g/mol. The molecule has 15 heavy (non-hydrogen) atoms. The fraction of sp³-hybridized carbons (Fsp3) is 0.917. The number of carbonyl (C=O) groups is 1. The molecule has 3 heteroatoms. The molecule has 0 bridgehead atoms. The van der Waals surface area contributed by atoms with Crippen molar-refractivity contribution in [3.05, 3.63) is 0 Å². The van der Waals surface area contributed by atoms with Crippen LogP contribution in [0.2, 0.25) is 0 Å². The van der Waals surface area contributed by atoms with Crippen LogP contribution < -0.4 is 5.32 Å². The topological polar surface area (TPSA) is 32.3 Å². The minimum absolute atomic E-state index is 0.337. The van der Waals surface area contributed by atoms with Crippen molar-refractivity contribution in [3.63, 3.8) is 0 Å². The van der Waals surface area contributed by atoms with Gasteiger partial charge in [-0.05, 0) is 12.8 Å². The highest BCUT2D eigenvalue weighted by Crippen LogP contribution is 2.12. The Bertz CT molecular complexity index is 206. The predicted octanol–water partition coefficient (Wildman–Crippen LogP) is 1.63. The lowest BCUT2D eigenvalue weighted by atomic mass is 10.0. The zero-order valence-corrected chi connectivity index (χ0v) is 10.3. The molecule has 0 radical (unpaired) electrons. The molecule has 88 valence electrons. The molecule has 1 amide bonds. The van der Waals surface area contributed by atoms with Gasteiger partial charge in [0.15, 0.2) is 0 Å². The Morgan fingerprint density at radius 1 is 1.60 bits per heavy atom. The average Bonchev–Trinajstić information content (AvgIpc) is 2.18. The van der Waals surface area contributed by atoms with E-state index in [1.54, 1.807) is 0 Å². The van der Waals surface area contributed by atoms with E-state index in [9.17, 15) is 4.79 Å². The molecule has 2 unspecified atom stereocenters. The molecule has 1 fully saturated rings. The van der Waals surface area contributed by atoms with Crippen LogP contribution >= 0.6 is 0 Å². The van der Waals surface area contributed by atoms with Crippen LogP contribution in [0.25, 0.3) is 0 Å². The Morgan fingerprint density at radius 2 is 2.33 bits per heavy atom. The summed E-state index contributed by atoms with van der Waals surface area (Å²) in [5.41, 5.74) is 0. The summed E-state index contributed by atoms with van der Waals surface area (Å²) in [6, 6.07) is 0.448. The molecule has 1 rings (SSSR count). The lowest BCUT2D eigenvalue weighted by Crippen LogP contribution is -2.51. The van der Waals surface area contributed by atoms with Gasteiger partial charge in [0.1, 0.15) is 0 Å². The maximum Gasteiger partial charge on any atom is 0.222 e. The van der Waals surface area contributed by atoms with Gasteiger partial charge in [0, 0.05) is 32.1 Å². The molecule has 3 nitrogen and oxygen atoms in total. The fourth-order valence-electron chi connectivity index (χ4n) is 2.18. The highest BCUT2D eigenvalue weighted by molar-refractivity contribution is 5.76. The number of nitrogens with zero attached hydrogens (tertiary/aromatic N) is 1. The predicted molar refractivity (Wildman–Crippen MR) is 62.7 cm³/mol. The van der Waals surface area contributed by atoms with Crippen LogP contribution in [0.4, 0.5) is 0 Å². The summed E-state index contributed by atoms with van der Waals surface area (Å²) in [7, 11) is 0. The van der Waals surface area contributed by atoms with Gasteiger partial charge in [-0.2, -0.15) is 0 Å². The van der Waals surface area contributed by atoms with Crippen LogP contribution in [0.5, 0.6) is 0 Å². The van der Waals surface area contributed by atoms with E-state index in [-0.39, 0.29) is 0 Å². The van der Waals surface area contributed by atoms with E-state index in [2.05, 4.69) is 26.1 Å². The van der Waals surface area contributed by atoms with Crippen molar-refractivity contribution in [1.29, 1.82) is 0 Å². The maximum absolute atomic E-state index is 11.9. The maximum atomic E-state index is 11.9. The van der Waals surface area contributed by atoms with Gasteiger partial charge in [-0.1, -0.05) is 26.7 Å². The molecule has 0 saturated carbocycles.